The van der Waals surface area contributed by atoms with E-state index in [9.17, 15) is 23.5 Å². The van der Waals surface area contributed by atoms with Crippen LogP contribution in [0.25, 0.3) is 6.08 Å². The zero-order chi connectivity index (χ0) is 23.8. The van der Waals surface area contributed by atoms with Gasteiger partial charge in [0.2, 0.25) is 0 Å². The predicted molar refractivity (Wildman–Crippen MR) is 115 cm³/mol. The average molecular weight is 474 g/mol. The van der Waals surface area contributed by atoms with Gasteiger partial charge in [0.25, 0.3) is 9.84 Å². The number of carbonyl (C=O) groups excluding carboxylic acids is 1. The number of allylic oxidation sites excluding steroid dienone is 1. The molecular formula is C22H22N2O8S. The fourth-order valence-electron chi connectivity index (χ4n) is 2.88. The third-order valence-electron chi connectivity index (χ3n) is 4.58. The summed E-state index contributed by atoms with van der Waals surface area (Å²) >= 11 is 0. The van der Waals surface area contributed by atoms with Crippen molar-refractivity contribution in [2.24, 2.45) is 0 Å². The molecule has 0 unspecified atom stereocenters. The maximum absolute atomic E-state index is 12.7. The third-order valence-corrected chi connectivity index (χ3v) is 6.30. The fourth-order valence-corrected chi connectivity index (χ4v) is 4.18. The highest BCUT2D eigenvalue weighted by Crippen LogP contribution is 2.27. The van der Waals surface area contributed by atoms with Crippen molar-refractivity contribution in [2.75, 3.05) is 13.7 Å². The van der Waals surface area contributed by atoms with Gasteiger partial charge in [-0.2, -0.15) is 0 Å². The number of hydrogen-bond donors (Lipinski definition) is 1. The molecule has 0 atom stereocenters. The van der Waals surface area contributed by atoms with Crippen LogP contribution in [0.5, 0.6) is 17.4 Å². The topological polar surface area (TPSA) is 143 Å². The van der Waals surface area contributed by atoms with Crippen LogP contribution in [0.2, 0.25) is 0 Å². The molecule has 2 aromatic carbocycles. The minimum atomic E-state index is -4.17. The number of methoxy groups -OCH3 is 1. The second kappa shape index (κ2) is 10.6. The minimum Gasteiger partial charge on any atom is -0.504 e. The van der Waals surface area contributed by atoms with E-state index in [0.717, 1.165) is 0 Å². The van der Waals surface area contributed by atoms with Crippen molar-refractivity contribution in [3.63, 3.8) is 0 Å². The number of phenolic OH excluding ortho intramolecular Hbond substituents is 1. The lowest BCUT2D eigenvalue weighted by Gasteiger charge is -2.04. The number of aromatic nitrogens is 2. The molecule has 1 aromatic heterocycles. The summed E-state index contributed by atoms with van der Waals surface area (Å²) in [6.45, 7) is 0.0377. The molecule has 1 heterocycles. The molecule has 1 N–H and O–H groups in total. The molecule has 0 radical (unpaired) electrons. The highest BCUT2D eigenvalue weighted by Gasteiger charge is 2.35. The van der Waals surface area contributed by atoms with Crippen molar-refractivity contribution in [3.8, 4) is 17.4 Å². The maximum atomic E-state index is 12.7. The van der Waals surface area contributed by atoms with Gasteiger partial charge >= 0.3 is 10.9 Å². The third kappa shape index (κ3) is 5.89. The molecule has 10 nitrogen and oxygen atoms in total. The number of ether oxygens (including phenoxy) is 2. The van der Waals surface area contributed by atoms with Gasteiger partial charge in [0.1, 0.15) is 0 Å². The Labute approximate surface area is 190 Å². The lowest BCUT2D eigenvalue weighted by molar-refractivity contribution is -0.832. The van der Waals surface area contributed by atoms with E-state index in [1.807, 2.05) is 0 Å². The molecule has 0 aliphatic rings. The fraction of sp³-hybridized carbons (Fsp3) is 0.227. The summed E-state index contributed by atoms with van der Waals surface area (Å²) in [5.74, 6) is -0.229. The molecule has 3 rings (SSSR count). The lowest BCUT2D eigenvalue weighted by Crippen LogP contribution is -2.30. The van der Waals surface area contributed by atoms with E-state index in [-0.39, 0.29) is 34.4 Å². The van der Waals surface area contributed by atoms with Crippen molar-refractivity contribution in [1.29, 1.82) is 0 Å². The van der Waals surface area contributed by atoms with Gasteiger partial charge in [-0.05, 0) is 53.6 Å². The Balaban J connectivity index is 1.51. The second-order valence-corrected chi connectivity index (χ2v) is 8.76. The molecule has 3 aromatic rings. The quantitative estimate of drug-likeness (QED) is 0.252. The van der Waals surface area contributed by atoms with Gasteiger partial charge in [-0.3, -0.25) is 9.42 Å². The van der Waals surface area contributed by atoms with E-state index in [4.69, 9.17) is 9.47 Å². The molecular weight excluding hydrogens is 452 g/mol. The van der Waals surface area contributed by atoms with Crippen molar-refractivity contribution >= 4 is 21.7 Å². The molecule has 0 saturated carbocycles. The van der Waals surface area contributed by atoms with Crippen LogP contribution in [0.3, 0.4) is 0 Å². The number of aromatic hydroxyl groups is 1. The van der Waals surface area contributed by atoms with E-state index < -0.39 is 20.7 Å². The van der Waals surface area contributed by atoms with Gasteiger partial charge in [-0.1, -0.05) is 30.3 Å². The van der Waals surface area contributed by atoms with Crippen molar-refractivity contribution in [2.45, 2.75) is 29.2 Å². The summed E-state index contributed by atoms with van der Waals surface area (Å²) in [6, 6.07) is 12.1. The summed E-state index contributed by atoms with van der Waals surface area (Å²) in [5.41, 5.74) is 0.699. The number of ketones is 1. The summed E-state index contributed by atoms with van der Waals surface area (Å²) < 4.78 is 40.2. The average Bonchev–Trinajstić information content (AvgIpc) is 3.19. The first-order valence-electron chi connectivity index (χ1n) is 9.93. The number of sulfone groups is 1. The van der Waals surface area contributed by atoms with Crippen LogP contribution in [0, 0.1) is 5.21 Å². The summed E-state index contributed by atoms with van der Waals surface area (Å²) in [5, 5.41) is 24.1. The Hall–Kier alpha value is -3.86. The first kappa shape index (κ1) is 23.8. The van der Waals surface area contributed by atoms with Gasteiger partial charge in [0.15, 0.2) is 17.3 Å². The van der Waals surface area contributed by atoms with Gasteiger partial charge in [0.05, 0.1) is 23.8 Å². The number of unbranched alkanes of at least 4 members (excludes halogenated alkanes) is 1. The Morgan fingerprint density at radius 1 is 1.21 bits per heavy atom. The van der Waals surface area contributed by atoms with Crippen molar-refractivity contribution in [3.05, 3.63) is 65.4 Å². The van der Waals surface area contributed by atoms with E-state index in [2.05, 4.69) is 9.79 Å². The van der Waals surface area contributed by atoms with Crippen LogP contribution in [-0.2, 0) is 14.6 Å². The molecule has 0 amide bonds. The smallest absolute Gasteiger partial charge is 0.414 e. The summed E-state index contributed by atoms with van der Waals surface area (Å²) in [6.07, 6.45) is 4.17. The van der Waals surface area contributed by atoms with Crippen LogP contribution in [0.15, 0.2) is 69.2 Å². The molecule has 0 bridgehead atoms. The van der Waals surface area contributed by atoms with Gasteiger partial charge in [-0.25, -0.2) is 8.42 Å². The van der Waals surface area contributed by atoms with Crippen LogP contribution < -0.4 is 14.4 Å². The molecule has 0 spiro atoms. The molecule has 0 aliphatic carbocycles. The first-order valence-corrected chi connectivity index (χ1v) is 11.4. The minimum absolute atomic E-state index is 0.00955. The van der Waals surface area contributed by atoms with Crippen molar-refractivity contribution < 1.29 is 37.3 Å². The number of hydrogen-bond acceptors (Lipinski definition) is 9. The summed E-state index contributed by atoms with van der Waals surface area (Å²) in [7, 11) is -2.74. The maximum Gasteiger partial charge on any atom is 0.414 e. The highest BCUT2D eigenvalue weighted by atomic mass is 32.2. The van der Waals surface area contributed by atoms with E-state index >= 15 is 0 Å². The molecule has 174 valence electrons. The van der Waals surface area contributed by atoms with E-state index in [1.165, 1.54) is 43.5 Å². The monoisotopic (exact) mass is 474 g/mol. The zero-order valence-corrected chi connectivity index (χ0v) is 18.5. The number of nitrogens with zero attached hydrogens (tertiary/aromatic N) is 2. The zero-order valence-electron chi connectivity index (χ0n) is 17.7. The standard InChI is InChI=1S/C22H22N2O8S/c1-30-20-15-16(11-13-19(20)26)10-12-17(25)7-5-6-14-31-21-22(24(27)32-23-21)33(28,29)18-8-3-2-4-9-18/h2-4,8-13,15,26H,5-7,14H2,1H3/b12-10+. The largest absolute Gasteiger partial charge is 0.504 e. The Kier molecular flexibility index (Phi) is 7.67. The molecule has 11 heteroatoms. The van der Waals surface area contributed by atoms with Crippen LogP contribution >= 0.6 is 0 Å². The lowest BCUT2D eigenvalue weighted by atomic mass is 10.1. The molecule has 33 heavy (non-hydrogen) atoms. The molecule has 0 fully saturated rings. The number of benzene rings is 2. The van der Waals surface area contributed by atoms with E-state index in [1.54, 1.807) is 24.3 Å². The second-order valence-electron chi connectivity index (χ2n) is 6.89. The van der Waals surface area contributed by atoms with Crippen molar-refractivity contribution in [1.82, 2.24) is 5.16 Å². The molecule has 0 saturated heterocycles. The number of rotatable bonds is 11. The predicted octanol–water partition coefficient (Wildman–Crippen LogP) is 2.69. The van der Waals surface area contributed by atoms with Gasteiger partial charge in [-0.15, -0.1) is 0 Å². The highest BCUT2D eigenvalue weighted by molar-refractivity contribution is 7.91. The Bertz CT molecular complexity index is 1240. The molecule has 0 aliphatic heterocycles. The van der Waals surface area contributed by atoms with Gasteiger partial charge in [0, 0.05) is 6.42 Å². The van der Waals surface area contributed by atoms with Crippen LogP contribution in [-0.4, -0.2) is 38.2 Å². The van der Waals surface area contributed by atoms with E-state index in [0.29, 0.717) is 24.2 Å². The first-order chi connectivity index (χ1) is 15.8. The summed E-state index contributed by atoms with van der Waals surface area (Å²) in [4.78, 5) is 11.8. The van der Waals surface area contributed by atoms with Gasteiger partial charge < -0.3 is 19.8 Å². The normalized spacial score (nSPS) is 11.5. The van der Waals surface area contributed by atoms with Crippen LogP contribution in [0.1, 0.15) is 24.8 Å². The number of phenols is 1. The van der Waals surface area contributed by atoms with Crippen LogP contribution in [0.4, 0.5) is 0 Å². The Morgan fingerprint density at radius 2 is 1.97 bits per heavy atom. The number of carbonyl (C=O) groups is 1. The SMILES string of the molecule is COc1cc(/C=C/C(=O)CCCCOc2no[n+]([O-])c2S(=O)(=O)c2ccccc2)ccc1O. The Morgan fingerprint density at radius 3 is 2.70 bits per heavy atom.